The van der Waals surface area contributed by atoms with Crippen LogP contribution < -0.4 is 16.0 Å². The van der Waals surface area contributed by atoms with Gasteiger partial charge in [0.1, 0.15) is 0 Å². The first-order chi connectivity index (χ1) is 14.0. The number of halogens is 1. The fraction of sp³-hybridized carbons (Fsp3) is 0.417. The second-order valence-corrected chi connectivity index (χ2v) is 7.48. The van der Waals surface area contributed by atoms with Gasteiger partial charge in [-0.25, -0.2) is 0 Å². The smallest absolute Gasteiger partial charge is 0.251 e. The second kappa shape index (κ2) is 14.0. The van der Waals surface area contributed by atoms with Gasteiger partial charge in [-0.2, -0.15) is 0 Å². The Morgan fingerprint density at radius 3 is 2.20 bits per heavy atom. The summed E-state index contributed by atoms with van der Waals surface area (Å²) in [5, 5.41) is 9.77. The van der Waals surface area contributed by atoms with Crippen molar-refractivity contribution in [3.8, 4) is 0 Å². The third-order valence-corrected chi connectivity index (χ3v) is 4.98. The number of hydrogen-bond donors (Lipinski definition) is 3. The Balaban J connectivity index is 0.00000450. The molecule has 0 spiro atoms. The summed E-state index contributed by atoms with van der Waals surface area (Å²) in [6.07, 6.45) is 2.99. The van der Waals surface area contributed by atoms with E-state index in [0.717, 1.165) is 30.8 Å². The van der Waals surface area contributed by atoms with E-state index in [4.69, 9.17) is 0 Å². The Bertz CT molecular complexity index is 778. The third kappa shape index (κ3) is 9.15. The monoisotopic (exact) mass is 522 g/mol. The molecule has 2 aromatic rings. The number of hydrogen-bond acceptors (Lipinski definition) is 2. The van der Waals surface area contributed by atoms with Gasteiger partial charge in [-0.1, -0.05) is 49.4 Å². The minimum Gasteiger partial charge on any atom is -0.354 e. The number of nitrogens with zero attached hydrogens (tertiary/aromatic N) is 1. The standard InChI is InChI=1S/C24H34N4O.HI/c1-5-18(2)27-23(29)22-15-13-21(14-16-22)17-26-24(25-4)28-19(3)11-12-20-9-7-6-8-10-20;/h6-10,13-16,18-19H,5,11-12,17H2,1-4H3,(H,27,29)(H2,25,26,28);1H. The van der Waals surface area contributed by atoms with Gasteiger partial charge in [0, 0.05) is 31.2 Å². The highest BCUT2D eigenvalue weighted by atomic mass is 127. The van der Waals surface area contributed by atoms with Crippen molar-refractivity contribution in [2.45, 2.75) is 58.7 Å². The fourth-order valence-corrected chi connectivity index (χ4v) is 2.90. The lowest BCUT2D eigenvalue weighted by Gasteiger charge is -2.18. The van der Waals surface area contributed by atoms with E-state index in [2.05, 4.69) is 59.1 Å². The number of rotatable bonds is 9. The molecule has 5 nitrogen and oxygen atoms in total. The summed E-state index contributed by atoms with van der Waals surface area (Å²) in [4.78, 5) is 16.5. The lowest BCUT2D eigenvalue weighted by atomic mass is 10.1. The van der Waals surface area contributed by atoms with E-state index in [-0.39, 0.29) is 35.9 Å². The molecule has 30 heavy (non-hydrogen) atoms. The zero-order valence-corrected chi connectivity index (χ0v) is 20.8. The molecule has 2 atom stereocenters. The Kier molecular flexibility index (Phi) is 12.1. The van der Waals surface area contributed by atoms with Crippen LogP contribution in [0.2, 0.25) is 0 Å². The van der Waals surface area contributed by atoms with E-state index < -0.39 is 0 Å². The number of carbonyl (C=O) groups excluding carboxylic acids is 1. The predicted octanol–water partition coefficient (Wildman–Crippen LogP) is 4.52. The number of aliphatic imine (C=N–C) groups is 1. The average molecular weight is 522 g/mol. The minimum absolute atomic E-state index is 0. The largest absolute Gasteiger partial charge is 0.354 e. The third-order valence-electron chi connectivity index (χ3n) is 4.98. The van der Waals surface area contributed by atoms with Crippen molar-refractivity contribution in [1.82, 2.24) is 16.0 Å². The topological polar surface area (TPSA) is 65.5 Å². The second-order valence-electron chi connectivity index (χ2n) is 7.48. The van der Waals surface area contributed by atoms with Crippen LogP contribution in [0.1, 0.15) is 55.1 Å². The molecule has 6 heteroatoms. The predicted molar refractivity (Wildman–Crippen MR) is 137 cm³/mol. The van der Waals surface area contributed by atoms with Crippen molar-refractivity contribution in [3.05, 3.63) is 71.3 Å². The van der Waals surface area contributed by atoms with Gasteiger partial charge >= 0.3 is 0 Å². The summed E-state index contributed by atoms with van der Waals surface area (Å²) in [5.74, 6) is 0.757. The summed E-state index contributed by atoms with van der Waals surface area (Å²) < 4.78 is 0. The Morgan fingerprint density at radius 1 is 0.933 bits per heavy atom. The molecule has 164 valence electrons. The zero-order valence-electron chi connectivity index (χ0n) is 18.4. The maximum atomic E-state index is 12.2. The first kappa shape index (κ1) is 25.9. The van der Waals surface area contributed by atoms with Gasteiger partial charge in [0.25, 0.3) is 5.91 Å². The van der Waals surface area contributed by atoms with E-state index in [1.54, 1.807) is 7.05 Å². The molecule has 0 aliphatic carbocycles. The van der Waals surface area contributed by atoms with E-state index >= 15 is 0 Å². The first-order valence-electron chi connectivity index (χ1n) is 10.4. The number of nitrogens with one attached hydrogen (secondary N) is 3. The van der Waals surface area contributed by atoms with Crippen molar-refractivity contribution in [2.24, 2.45) is 4.99 Å². The van der Waals surface area contributed by atoms with E-state index in [1.807, 2.05) is 37.3 Å². The molecular formula is C24H35IN4O. The highest BCUT2D eigenvalue weighted by Gasteiger charge is 2.09. The fourth-order valence-electron chi connectivity index (χ4n) is 2.90. The number of guanidine groups is 1. The molecule has 0 saturated carbocycles. The zero-order chi connectivity index (χ0) is 21.1. The number of aryl methyl sites for hydroxylation is 1. The molecular weight excluding hydrogens is 487 g/mol. The van der Waals surface area contributed by atoms with Crippen molar-refractivity contribution in [1.29, 1.82) is 0 Å². The van der Waals surface area contributed by atoms with Crippen LogP contribution in [0.5, 0.6) is 0 Å². The van der Waals surface area contributed by atoms with E-state index in [1.165, 1.54) is 5.56 Å². The Labute approximate surface area is 198 Å². The molecule has 3 N–H and O–H groups in total. The van der Waals surface area contributed by atoms with Crippen LogP contribution in [0.25, 0.3) is 0 Å². The van der Waals surface area contributed by atoms with Gasteiger partial charge < -0.3 is 16.0 Å². The Hall–Kier alpha value is -2.09. The van der Waals surface area contributed by atoms with Crippen molar-refractivity contribution in [3.63, 3.8) is 0 Å². The van der Waals surface area contributed by atoms with Crippen molar-refractivity contribution in [2.75, 3.05) is 7.05 Å². The van der Waals surface area contributed by atoms with Gasteiger partial charge in [0.2, 0.25) is 0 Å². The summed E-state index contributed by atoms with van der Waals surface area (Å²) >= 11 is 0. The van der Waals surface area contributed by atoms with Gasteiger partial charge in [-0.15, -0.1) is 24.0 Å². The molecule has 2 rings (SSSR count). The summed E-state index contributed by atoms with van der Waals surface area (Å²) in [5.41, 5.74) is 3.14. The van der Waals surface area contributed by atoms with Crippen LogP contribution in [-0.4, -0.2) is 31.0 Å². The molecule has 0 aliphatic heterocycles. The normalized spacial score (nSPS) is 13.0. The molecule has 1 amide bonds. The van der Waals surface area contributed by atoms with Gasteiger partial charge in [0.05, 0.1) is 0 Å². The lowest BCUT2D eigenvalue weighted by Crippen LogP contribution is -2.42. The minimum atomic E-state index is -0.0245. The Morgan fingerprint density at radius 2 is 1.60 bits per heavy atom. The average Bonchev–Trinajstić information content (AvgIpc) is 2.76. The number of carbonyl (C=O) groups is 1. The SMILES string of the molecule is CCC(C)NC(=O)c1ccc(CNC(=NC)NC(C)CCc2ccccc2)cc1.I. The molecule has 0 aliphatic rings. The van der Waals surface area contributed by atoms with Crippen molar-refractivity contribution >= 4 is 35.8 Å². The molecule has 0 aromatic heterocycles. The van der Waals surface area contributed by atoms with Gasteiger partial charge in [0.15, 0.2) is 5.96 Å². The summed E-state index contributed by atoms with van der Waals surface area (Å²) in [7, 11) is 1.78. The van der Waals surface area contributed by atoms with Crippen LogP contribution >= 0.6 is 24.0 Å². The summed E-state index contributed by atoms with van der Waals surface area (Å²) in [6, 6.07) is 18.7. The molecule has 0 heterocycles. The van der Waals surface area contributed by atoms with Crippen LogP contribution in [0.4, 0.5) is 0 Å². The maximum absolute atomic E-state index is 12.2. The molecule has 0 fully saturated rings. The van der Waals surface area contributed by atoms with Crippen LogP contribution in [0.3, 0.4) is 0 Å². The highest BCUT2D eigenvalue weighted by molar-refractivity contribution is 14.0. The van der Waals surface area contributed by atoms with Crippen LogP contribution in [0, 0.1) is 0 Å². The van der Waals surface area contributed by atoms with E-state index in [9.17, 15) is 4.79 Å². The van der Waals surface area contributed by atoms with E-state index in [0.29, 0.717) is 18.2 Å². The number of amides is 1. The van der Waals surface area contributed by atoms with Crippen LogP contribution in [-0.2, 0) is 13.0 Å². The summed E-state index contributed by atoms with van der Waals surface area (Å²) in [6.45, 7) is 6.89. The lowest BCUT2D eigenvalue weighted by molar-refractivity contribution is 0.0939. The van der Waals surface area contributed by atoms with Crippen molar-refractivity contribution < 1.29 is 4.79 Å². The highest BCUT2D eigenvalue weighted by Crippen LogP contribution is 2.06. The quantitative estimate of drug-likeness (QED) is 0.258. The van der Waals surface area contributed by atoms with Crippen LogP contribution in [0.15, 0.2) is 59.6 Å². The molecule has 0 saturated heterocycles. The van der Waals surface area contributed by atoms with Gasteiger partial charge in [-0.05, 0) is 56.4 Å². The molecule has 0 bridgehead atoms. The molecule has 2 unspecified atom stereocenters. The molecule has 2 aromatic carbocycles. The number of benzene rings is 2. The maximum Gasteiger partial charge on any atom is 0.251 e. The molecule has 0 radical (unpaired) electrons. The first-order valence-corrected chi connectivity index (χ1v) is 10.4. The van der Waals surface area contributed by atoms with Gasteiger partial charge in [-0.3, -0.25) is 9.79 Å².